The topological polar surface area (TPSA) is 85.3 Å². The van der Waals surface area contributed by atoms with Crippen LogP contribution in [0.15, 0.2) is 23.1 Å². The Bertz CT molecular complexity index is 731. The van der Waals surface area contributed by atoms with Crippen molar-refractivity contribution < 1.29 is 28.9 Å². The lowest BCUT2D eigenvalue weighted by Gasteiger charge is -2.16. The van der Waals surface area contributed by atoms with Crippen LogP contribution >= 0.6 is 11.8 Å². The maximum Gasteiger partial charge on any atom is 0.268 e. The lowest BCUT2D eigenvalue weighted by atomic mass is 10.1. The van der Waals surface area contributed by atoms with Crippen LogP contribution in [-0.2, 0) is 14.3 Å². The van der Waals surface area contributed by atoms with Gasteiger partial charge in [0.1, 0.15) is 0 Å². The fourth-order valence-electron chi connectivity index (χ4n) is 2.66. The van der Waals surface area contributed by atoms with Gasteiger partial charge in [0.05, 0.1) is 50.6 Å². The molecule has 1 heterocycles. The van der Waals surface area contributed by atoms with Crippen LogP contribution in [0.1, 0.15) is 19.4 Å². The zero-order chi connectivity index (χ0) is 20.0. The number of ether oxygens (including phenoxy) is 3. The maximum absolute atomic E-state index is 13.0. The van der Waals surface area contributed by atoms with Crippen LogP contribution in [0.2, 0.25) is 0 Å². The van der Waals surface area contributed by atoms with E-state index in [1.807, 2.05) is 13.8 Å². The molecule has 0 atom stereocenters. The van der Waals surface area contributed by atoms with Crippen molar-refractivity contribution in [3.63, 3.8) is 0 Å². The number of benzene rings is 1. The highest BCUT2D eigenvalue weighted by Crippen LogP contribution is 2.38. The number of aliphatic hydroxyl groups is 1. The molecule has 2 amide bonds. The van der Waals surface area contributed by atoms with Crippen LogP contribution in [0, 0.1) is 0 Å². The molecule has 0 saturated heterocycles. The number of nitrogens with zero attached hydrogens (tertiary/aromatic N) is 1. The minimum atomic E-state index is -0.375. The van der Waals surface area contributed by atoms with Gasteiger partial charge in [0.25, 0.3) is 11.8 Å². The van der Waals surface area contributed by atoms with Crippen molar-refractivity contribution in [3.8, 4) is 11.5 Å². The Morgan fingerprint density at radius 2 is 1.81 bits per heavy atom. The van der Waals surface area contributed by atoms with Crippen LogP contribution < -0.4 is 9.47 Å². The molecule has 2 rings (SSSR count). The summed E-state index contributed by atoms with van der Waals surface area (Å²) in [4.78, 5) is 27.3. The highest BCUT2D eigenvalue weighted by atomic mass is 32.2. The molecule has 148 valence electrons. The minimum absolute atomic E-state index is 0.0133. The van der Waals surface area contributed by atoms with E-state index in [1.54, 1.807) is 18.2 Å². The number of amides is 2. The summed E-state index contributed by atoms with van der Waals surface area (Å²) in [7, 11) is 3.04. The first-order valence-electron chi connectivity index (χ1n) is 8.62. The fourth-order valence-corrected chi connectivity index (χ4v) is 3.54. The lowest BCUT2D eigenvalue weighted by Crippen LogP contribution is -2.35. The fraction of sp³-hybridized carbons (Fsp3) is 0.474. The summed E-state index contributed by atoms with van der Waals surface area (Å²) >= 11 is 1.17. The third kappa shape index (κ3) is 4.82. The number of hydrogen-bond acceptors (Lipinski definition) is 7. The van der Waals surface area contributed by atoms with E-state index in [9.17, 15) is 9.59 Å². The third-order valence-electron chi connectivity index (χ3n) is 3.90. The molecular weight excluding hydrogens is 370 g/mol. The van der Waals surface area contributed by atoms with Crippen LogP contribution in [0.4, 0.5) is 0 Å². The van der Waals surface area contributed by atoms with Crippen molar-refractivity contribution in [2.75, 3.05) is 39.7 Å². The number of aliphatic hydroxyl groups excluding tert-OH is 1. The second-order valence-corrected chi connectivity index (χ2v) is 7.13. The van der Waals surface area contributed by atoms with Crippen molar-refractivity contribution >= 4 is 29.1 Å². The van der Waals surface area contributed by atoms with Gasteiger partial charge in [-0.05, 0) is 31.5 Å². The van der Waals surface area contributed by atoms with Gasteiger partial charge in [0, 0.05) is 5.75 Å². The van der Waals surface area contributed by atoms with Crippen molar-refractivity contribution in [3.05, 3.63) is 28.7 Å². The molecule has 0 aliphatic carbocycles. The Hall–Kier alpha value is -2.03. The molecule has 0 spiro atoms. The molecular formula is C19H25NO6S. The lowest BCUT2D eigenvalue weighted by molar-refractivity contribution is -0.137. The molecule has 0 bridgehead atoms. The van der Waals surface area contributed by atoms with Gasteiger partial charge in [-0.3, -0.25) is 14.5 Å². The molecule has 0 unspecified atom stereocenters. The molecule has 1 aromatic carbocycles. The number of thioether (sulfide) groups is 1. The van der Waals surface area contributed by atoms with E-state index < -0.39 is 0 Å². The van der Waals surface area contributed by atoms with E-state index in [-0.39, 0.29) is 37.7 Å². The summed E-state index contributed by atoms with van der Waals surface area (Å²) < 4.78 is 16.0. The summed E-state index contributed by atoms with van der Waals surface area (Å²) in [6.07, 6.45) is 0.0133. The predicted octanol–water partition coefficient (Wildman–Crippen LogP) is 1.93. The minimum Gasteiger partial charge on any atom is -0.493 e. The van der Waals surface area contributed by atoms with E-state index >= 15 is 0 Å². The molecule has 7 nitrogen and oxygen atoms in total. The highest BCUT2D eigenvalue weighted by molar-refractivity contribution is 8.04. The molecule has 0 radical (unpaired) electrons. The van der Waals surface area contributed by atoms with E-state index in [2.05, 4.69) is 0 Å². The number of carbonyl (C=O) groups is 2. The Kier molecular flexibility index (Phi) is 7.70. The van der Waals surface area contributed by atoms with Crippen LogP contribution in [0.3, 0.4) is 0 Å². The van der Waals surface area contributed by atoms with Gasteiger partial charge in [-0.1, -0.05) is 6.07 Å². The number of methoxy groups -OCH3 is 2. The average molecular weight is 395 g/mol. The van der Waals surface area contributed by atoms with Gasteiger partial charge in [-0.15, -0.1) is 11.8 Å². The van der Waals surface area contributed by atoms with Gasteiger partial charge in [-0.2, -0.15) is 0 Å². The molecule has 1 N–H and O–H groups in total. The molecule has 0 fully saturated rings. The van der Waals surface area contributed by atoms with Crippen molar-refractivity contribution in [2.45, 2.75) is 20.0 Å². The standard InChI is InChI=1S/C19H25NO6S/c1-12(2)26-9-7-20-18(22)16(17(19(20)23)27-10-8-21)13-5-6-14(24-3)15(11-13)25-4/h5-6,11-12,21H,7-10H2,1-4H3. The Morgan fingerprint density at radius 3 is 2.41 bits per heavy atom. The van der Waals surface area contributed by atoms with Crippen LogP contribution in [0.5, 0.6) is 11.5 Å². The Morgan fingerprint density at radius 1 is 1.11 bits per heavy atom. The number of imide groups is 1. The van der Waals surface area contributed by atoms with E-state index in [0.29, 0.717) is 33.3 Å². The quantitative estimate of drug-likeness (QED) is 0.606. The first-order chi connectivity index (χ1) is 12.9. The zero-order valence-electron chi connectivity index (χ0n) is 16.0. The van der Waals surface area contributed by atoms with Gasteiger partial charge in [0.2, 0.25) is 0 Å². The van der Waals surface area contributed by atoms with Crippen LogP contribution in [0.25, 0.3) is 5.57 Å². The van der Waals surface area contributed by atoms with Gasteiger partial charge in [-0.25, -0.2) is 0 Å². The van der Waals surface area contributed by atoms with Crippen molar-refractivity contribution in [2.24, 2.45) is 0 Å². The van der Waals surface area contributed by atoms with E-state index in [0.717, 1.165) is 0 Å². The summed E-state index contributed by atoms with van der Waals surface area (Å²) in [5.41, 5.74) is 0.877. The molecule has 0 saturated carbocycles. The van der Waals surface area contributed by atoms with Crippen molar-refractivity contribution in [1.29, 1.82) is 0 Å². The Labute approximate surface area is 163 Å². The summed E-state index contributed by atoms with van der Waals surface area (Å²) in [6.45, 7) is 4.14. The van der Waals surface area contributed by atoms with E-state index in [4.69, 9.17) is 19.3 Å². The molecule has 1 aliphatic rings. The normalized spacial score (nSPS) is 14.5. The molecule has 8 heteroatoms. The van der Waals surface area contributed by atoms with Gasteiger partial charge < -0.3 is 19.3 Å². The molecule has 1 aliphatic heterocycles. The summed E-state index contributed by atoms with van der Waals surface area (Å²) in [6, 6.07) is 5.08. The Balaban J connectivity index is 2.37. The van der Waals surface area contributed by atoms with Crippen molar-refractivity contribution in [1.82, 2.24) is 4.90 Å². The molecule has 0 aromatic heterocycles. The predicted molar refractivity (Wildman–Crippen MR) is 104 cm³/mol. The molecule has 27 heavy (non-hydrogen) atoms. The summed E-state index contributed by atoms with van der Waals surface area (Å²) in [5.74, 6) is 0.582. The monoisotopic (exact) mass is 395 g/mol. The van der Waals surface area contributed by atoms with Gasteiger partial charge >= 0.3 is 0 Å². The maximum atomic E-state index is 13.0. The first-order valence-corrected chi connectivity index (χ1v) is 9.61. The highest BCUT2D eigenvalue weighted by Gasteiger charge is 2.39. The number of rotatable bonds is 10. The zero-order valence-corrected chi connectivity index (χ0v) is 16.8. The van der Waals surface area contributed by atoms with Gasteiger partial charge in [0.15, 0.2) is 11.5 Å². The van der Waals surface area contributed by atoms with Crippen LogP contribution in [-0.4, -0.2) is 67.7 Å². The second kappa shape index (κ2) is 9.77. The third-order valence-corrected chi connectivity index (χ3v) is 4.96. The molecule has 1 aromatic rings. The smallest absolute Gasteiger partial charge is 0.268 e. The number of carbonyl (C=O) groups excluding carboxylic acids is 2. The van der Waals surface area contributed by atoms with E-state index in [1.165, 1.54) is 30.9 Å². The number of hydrogen-bond donors (Lipinski definition) is 1. The summed E-state index contributed by atoms with van der Waals surface area (Å²) in [5, 5.41) is 9.14. The second-order valence-electron chi connectivity index (χ2n) is 6.03. The average Bonchev–Trinajstić information content (AvgIpc) is 2.89. The largest absolute Gasteiger partial charge is 0.493 e. The first kappa shape index (κ1) is 21.3. The SMILES string of the molecule is COc1ccc(C2=C(SCCO)C(=O)N(CCOC(C)C)C2=O)cc1OC.